The lowest BCUT2D eigenvalue weighted by molar-refractivity contribution is -0.131. The SMILES string of the molecule is O=C(O)/C(=C/c1ccccc1)S(=O)(=O)c1ccccc1. The van der Waals surface area contributed by atoms with E-state index in [1.807, 2.05) is 0 Å². The van der Waals surface area contributed by atoms with E-state index in [-0.39, 0.29) is 4.90 Å². The number of rotatable bonds is 4. The summed E-state index contributed by atoms with van der Waals surface area (Å²) in [6, 6.07) is 16.0. The summed E-state index contributed by atoms with van der Waals surface area (Å²) in [6.07, 6.45) is 1.16. The van der Waals surface area contributed by atoms with Crippen LogP contribution in [0.3, 0.4) is 0 Å². The third-order valence-electron chi connectivity index (χ3n) is 2.65. The van der Waals surface area contributed by atoms with Crippen molar-refractivity contribution >= 4 is 21.9 Å². The highest BCUT2D eigenvalue weighted by Gasteiger charge is 2.26. The minimum Gasteiger partial charge on any atom is -0.477 e. The Hall–Kier alpha value is -2.40. The molecule has 4 nitrogen and oxygen atoms in total. The fourth-order valence-corrected chi connectivity index (χ4v) is 2.97. The van der Waals surface area contributed by atoms with E-state index < -0.39 is 20.7 Å². The molecule has 0 unspecified atom stereocenters. The number of carboxylic acids is 1. The molecule has 0 bridgehead atoms. The molecule has 5 heteroatoms. The van der Waals surface area contributed by atoms with Gasteiger partial charge in [-0.2, -0.15) is 0 Å². The molecule has 0 heterocycles. The average molecular weight is 288 g/mol. The van der Waals surface area contributed by atoms with Crippen LogP contribution in [0.2, 0.25) is 0 Å². The van der Waals surface area contributed by atoms with Crippen LogP contribution >= 0.6 is 0 Å². The molecule has 0 saturated carbocycles. The molecule has 2 aromatic rings. The van der Waals surface area contributed by atoms with Gasteiger partial charge in [-0.05, 0) is 23.8 Å². The maximum Gasteiger partial charge on any atom is 0.347 e. The van der Waals surface area contributed by atoms with Gasteiger partial charge in [0.25, 0.3) is 0 Å². The van der Waals surface area contributed by atoms with Gasteiger partial charge < -0.3 is 5.11 Å². The molecule has 0 aliphatic carbocycles. The van der Waals surface area contributed by atoms with Crippen LogP contribution < -0.4 is 0 Å². The van der Waals surface area contributed by atoms with E-state index in [0.29, 0.717) is 5.56 Å². The van der Waals surface area contributed by atoms with Crippen LogP contribution in [0.4, 0.5) is 0 Å². The summed E-state index contributed by atoms with van der Waals surface area (Å²) in [7, 11) is -4.04. The lowest BCUT2D eigenvalue weighted by Gasteiger charge is -2.05. The first-order chi connectivity index (χ1) is 9.51. The second kappa shape index (κ2) is 5.71. The fourth-order valence-electron chi connectivity index (χ4n) is 1.68. The summed E-state index contributed by atoms with van der Waals surface area (Å²) in [6.45, 7) is 0. The fraction of sp³-hybridized carbons (Fsp3) is 0. The largest absolute Gasteiger partial charge is 0.477 e. The lowest BCUT2D eigenvalue weighted by atomic mass is 10.2. The van der Waals surface area contributed by atoms with Gasteiger partial charge in [0.05, 0.1) is 4.90 Å². The third-order valence-corrected chi connectivity index (χ3v) is 4.42. The Morgan fingerprint density at radius 3 is 1.90 bits per heavy atom. The first-order valence-corrected chi connectivity index (χ1v) is 7.30. The number of hydrogen-bond donors (Lipinski definition) is 1. The standard InChI is InChI=1S/C15H12O4S/c16-15(17)14(11-12-7-3-1-4-8-12)20(18,19)13-9-5-2-6-10-13/h1-11H,(H,16,17)/b14-11-. The summed E-state index contributed by atoms with van der Waals surface area (Å²) in [5.41, 5.74) is 0.518. The van der Waals surface area contributed by atoms with Crippen LogP contribution in [-0.4, -0.2) is 19.5 Å². The third kappa shape index (κ3) is 2.95. The predicted molar refractivity (Wildman–Crippen MR) is 75.7 cm³/mol. The van der Waals surface area contributed by atoms with Gasteiger partial charge in [-0.3, -0.25) is 0 Å². The zero-order chi connectivity index (χ0) is 14.6. The zero-order valence-corrected chi connectivity index (χ0v) is 11.2. The van der Waals surface area contributed by atoms with Gasteiger partial charge in [-0.15, -0.1) is 0 Å². The van der Waals surface area contributed by atoms with Crippen molar-refractivity contribution in [3.63, 3.8) is 0 Å². The molecule has 0 aromatic heterocycles. The van der Waals surface area contributed by atoms with Crippen molar-refractivity contribution in [2.45, 2.75) is 4.90 Å². The van der Waals surface area contributed by atoms with Crippen molar-refractivity contribution in [1.82, 2.24) is 0 Å². The van der Waals surface area contributed by atoms with Gasteiger partial charge in [0.15, 0.2) is 4.91 Å². The van der Waals surface area contributed by atoms with Crippen molar-refractivity contribution in [3.05, 3.63) is 71.1 Å². The molecule has 2 rings (SSSR count). The molecule has 0 saturated heterocycles. The normalized spacial score (nSPS) is 12.1. The molecule has 0 spiro atoms. The smallest absolute Gasteiger partial charge is 0.347 e. The Balaban J connectivity index is 2.56. The molecule has 1 N–H and O–H groups in total. The Kier molecular flexibility index (Phi) is 4.00. The van der Waals surface area contributed by atoms with Gasteiger partial charge in [0.1, 0.15) is 0 Å². The molecule has 2 aromatic carbocycles. The molecule has 20 heavy (non-hydrogen) atoms. The van der Waals surface area contributed by atoms with Crippen LogP contribution in [0.15, 0.2) is 70.5 Å². The highest BCUT2D eigenvalue weighted by Crippen LogP contribution is 2.21. The van der Waals surface area contributed by atoms with E-state index in [1.54, 1.807) is 48.5 Å². The summed E-state index contributed by atoms with van der Waals surface area (Å²) < 4.78 is 24.7. The van der Waals surface area contributed by atoms with E-state index in [2.05, 4.69) is 0 Å². The van der Waals surface area contributed by atoms with Gasteiger partial charge in [0, 0.05) is 0 Å². The van der Waals surface area contributed by atoms with Crippen LogP contribution in [0.5, 0.6) is 0 Å². The lowest BCUT2D eigenvalue weighted by Crippen LogP contribution is -2.13. The number of carbonyl (C=O) groups is 1. The first-order valence-electron chi connectivity index (χ1n) is 5.82. The molecule has 0 amide bonds. The maximum absolute atomic E-state index is 12.3. The molecule has 0 atom stereocenters. The number of hydrogen-bond acceptors (Lipinski definition) is 3. The number of aliphatic carboxylic acids is 1. The van der Waals surface area contributed by atoms with Crippen LogP contribution in [0.1, 0.15) is 5.56 Å². The summed E-state index contributed by atoms with van der Waals surface area (Å²) in [5.74, 6) is -1.47. The minimum absolute atomic E-state index is 0.0374. The second-order valence-corrected chi connectivity index (χ2v) is 5.96. The molecule has 0 radical (unpaired) electrons. The maximum atomic E-state index is 12.3. The van der Waals surface area contributed by atoms with Gasteiger partial charge in [0.2, 0.25) is 9.84 Å². The second-order valence-electron chi connectivity index (χ2n) is 4.04. The van der Waals surface area contributed by atoms with Crippen molar-refractivity contribution in [3.8, 4) is 0 Å². The molecule has 0 aliphatic rings. The van der Waals surface area contributed by atoms with Gasteiger partial charge >= 0.3 is 5.97 Å². The summed E-state index contributed by atoms with van der Waals surface area (Å²) in [4.78, 5) is 10.6. The molecule has 0 aliphatic heterocycles. The average Bonchev–Trinajstić information content (AvgIpc) is 2.46. The number of carboxylic acid groups (broad SMARTS) is 1. The van der Waals surface area contributed by atoms with E-state index in [4.69, 9.17) is 0 Å². The molecular weight excluding hydrogens is 276 g/mol. The van der Waals surface area contributed by atoms with E-state index in [9.17, 15) is 18.3 Å². The van der Waals surface area contributed by atoms with Crippen LogP contribution in [-0.2, 0) is 14.6 Å². The number of sulfone groups is 1. The minimum atomic E-state index is -4.04. The van der Waals surface area contributed by atoms with Gasteiger partial charge in [-0.25, -0.2) is 13.2 Å². The van der Waals surface area contributed by atoms with E-state index >= 15 is 0 Å². The predicted octanol–water partition coefficient (Wildman–Crippen LogP) is 2.59. The quantitative estimate of drug-likeness (QED) is 0.878. The van der Waals surface area contributed by atoms with Crippen molar-refractivity contribution in [2.75, 3.05) is 0 Å². The molecule has 102 valence electrons. The van der Waals surface area contributed by atoms with Crippen LogP contribution in [0, 0.1) is 0 Å². The van der Waals surface area contributed by atoms with Crippen molar-refractivity contribution < 1.29 is 18.3 Å². The first kappa shape index (κ1) is 14.0. The highest BCUT2D eigenvalue weighted by atomic mass is 32.2. The summed E-state index contributed by atoms with van der Waals surface area (Å²) >= 11 is 0. The zero-order valence-electron chi connectivity index (χ0n) is 10.4. The van der Waals surface area contributed by atoms with Crippen molar-refractivity contribution in [2.24, 2.45) is 0 Å². The highest BCUT2D eigenvalue weighted by molar-refractivity contribution is 7.96. The van der Waals surface area contributed by atoms with E-state index in [0.717, 1.165) is 6.08 Å². The van der Waals surface area contributed by atoms with Crippen LogP contribution in [0.25, 0.3) is 6.08 Å². The van der Waals surface area contributed by atoms with E-state index in [1.165, 1.54) is 12.1 Å². The Labute approximate surface area is 116 Å². The molecule has 0 fully saturated rings. The number of benzene rings is 2. The van der Waals surface area contributed by atoms with Crippen molar-refractivity contribution in [1.29, 1.82) is 0 Å². The monoisotopic (exact) mass is 288 g/mol. The topological polar surface area (TPSA) is 71.4 Å². The van der Waals surface area contributed by atoms with Gasteiger partial charge in [-0.1, -0.05) is 48.5 Å². The Bertz CT molecular complexity index is 732. The summed E-state index contributed by atoms with van der Waals surface area (Å²) in [5, 5.41) is 9.18. The molecular formula is C15H12O4S. The Morgan fingerprint density at radius 1 is 0.900 bits per heavy atom. The Morgan fingerprint density at radius 2 is 1.40 bits per heavy atom.